The Labute approximate surface area is 309 Å². The number of aliphatic imine (C=N–C) groups is 1. The van der Waals surface area contributed by atoms with Crippen LogP contribution in [-0.2, 0) is 49.2 Å². The fourth-order valence-corrected chi connectivity index (χ4v) is 6.40. The van der Waals surface area contributed by atoms with E-state index in [4.69, 9.17) is 15.0 Å². The number of piperazine rings is 1. The minimum Gasteiger partial charge on any atom is -0.660 e. The van der Waals surface area contributed by atoms with Gasteiger partial charge in [-0.05, 0) is 87.0 Å². The first kappa shape index (κ1) is 38.7. The number of ether oxygens (including phenoxy) is 1. The Kier molecular flexibility index (Phi) is 14.4. The zero-order valence-electron chi connectivity index (χ0n) is 29.7. The number of thioether (sulfide) groups is 1. The van der Waals surface area contributed by atoms with Crippen LogP contribution in [0.2, 0.25) is 0 Å². The molecule has 0 N–H and O–H groups in total. The van der Waals surface area contributed by atoms with Gasteiger partial charge in [0, 0.05) is 49.4 Å². The molecule has 7 heteroatoms. The molecule has 46 heavy (non-hydrogen) atoms. The van der Waals surface area contributed by atoms with Gasteiger partial charge in [-0.1, -0.05) is 112 Å². The molecule has 1 fully saturated rings. The fraction of sp³-hybridized carbons (Fsp3) is 0.513. The Morgan fingerprint density at radius 1 is 0.891 bits per heavy atom. The number of benzene rings is 3. The molecule has 0 unspecified atom stereocenters. The van der Waals surface area contributed by atoms with Gasteiger partial charge in [-0.25, -0.2) is 0 Å². The standard InChI is InChI=1S/C31H37N2O.C8H17N2S.Y/c1-9-34-27-20-25(29(4,5)6)18-19-26(27)28-32-30(7,23-14-10-21(2)11-15-23)31(8,33-28)24-16-12-22(3)13-17-24;1-11-8-2-5-10-6-3-9-4-7-10;/h10-20H,9H2,1-8H3;2-8H2,1H3;/q2*-1;/t30-,31+;;. The summed E-state index contributed by atoms with van der Waals surface area (Å²) in [5, 5.41) is 9.66. The van der Waals surface area contributed by atoms with E-state index in [1.54, 1.807) is 0 Å². The Bertz CT molecular complexity index is 1410. The number of hydrogen-bond donors (Lipinski definition) is 0. The minimum atomic E-state index is -0.558. The van der Waals surface area contributed by atoms with Crippen LogP contribution >= 0.6 is 11.8 Å². The van der Waals surface area contributed by atoms with E-state index in [1.807, 2.05) is 18.7 Å². The second kappa shape index (κ2) is 17.1. The minimum absolute atomic E-state index is 0. The monoisotopic (exact) mass is 715 g/mol. The summed E-state index contributed by atoms with van der Waals surface area (Å²) in [6, 6.07) is 23.9. The maximum Gasteiger partial charge on any atom is 0.126 e. The van der Waals surface area contributed by atoms with Crippen LogP contribution in [0, 0.1) is 13.8 Å². The van der Waals surface area contributed by atoms with E-state index in [2.05, 4.69) is 132 Å². The molecule has 2 aliphatic heterocycles. The summed E-state index contributed by atoms with van der Waals surface area (Å²) >= 11 is 1.94. The van der Waals surface area contributed by atoms with E-state index in [-0.39, 0.29) is 38.1 Å². The normalized spacial score (nSPS) is 21.4. The maximum absolute atomic E-state index is 6.12. The van der Waals surface area contributed by atoms with Crippen molar-refractivity contribution in [3.63, 3.8) is 0 Å². The van der Waals surface area contributed by atoms with Crippen molar-refractivity contribution in [2.75, 3.05) is 51.3 Å². The quantitative estimate of drug-likeness (QED) is 0.208. The predicted molar refractivity (Wildman–Crippen MR) is 196 cm³/mol. The molecule has 247 valence electrons. The smallest absolute Gasteiger partial charge is 0.126 e. The number of aryl methyl sites for hydroxylation is 2. The van der Waals surface area contributed by atoms with Crippen molar-refractivity contribution >= 4 is 17.6 Å². The molecule has 0 aromatic heterocycles. The SMILES string of the molecule is CCOc1cc(C(C)(C)C)ccc1C1=N[C@@](C)(c2ccc(C)cc2)[C@@](C)(c2ccc(C)cc2)[N-]1.CSCCCN1CC[N-]CC1.[Y]. The Morgan fingerprint density at radius 2 is 1.48 bits per heavy atom. The summed E-state index contributed by atoms with van der Waals surface area (Å²) in [4.78, 5) is 7.86. The first-order valence-electron chi connectivity index (χ1n) is 16.5. The van der Waals surface area contributed by atoms with Gasteiger partial charge in [-0.15, -0.1) is 13.1 Å². The van der Waals surface area contributed by atoms with Gasteiger partial charge in [-0.2, -0.15) is 11.8 Å². The number of hydrogen-bond acceptors (Lipinski definition) is 4. The van der Waals surface area contributed by atoms with E-state index in [1.165, 1.54) is 48.5 Å². The van der Waals surface area contributed by atoms with Crippen molar-refractivity contribution in [2.45, 2.75) is 78.3 Å². The molecule has 2 aliphatic rings. The van der Waals surface area contributed by atoms with Crippen LogP contribution in [0.25, 0.3) is 10.6 Å². The van der Waals surface area contributed by atoms with Crippen LogP contribution in [-0.4, -0.2) is 62.1 Å². The van der Waals surface area contributed by atoms with Crippen LogP contribution in [0.5, 0.6) is 5.75 Å². The summed E-state index contributed by atoms with van der Waals surface area (Å²) in [6.07, 6.45) is 3.51. The number of amidine groups is 1. The van der Waals surface area contributed by atoms with Gasteiger partial charge in [0.05, 0.1) is 6.61 Å². The average Bonchev–Trinajstić information content (AvgIpc) is 3.30. The Morgan fingerprint density at radius 3 is 2.02 bits per heavy atom. The molecular formula is C39H54N4OSY-2. The summed E-state index contributed by atoms with van der Waals surface area (Å²) < 4.78 is 6.12. The molecule has 0 aliphatic carbocycles. The van der Waals surface area contributed by atoms with Crippen LogP contribution in [0.3, 0.4) is 0 Å². The molecule has 1 radical (unpaired) electrons. The predicted octanol–water partition coefficient (Wildman–Crippen LogP) is 9.39. The molecule has 3 aromatic rings. The summed E-state index contributed by atoms with van der Waals surface area (Å²) in [5.41, 5.74) is 5.89. The molecule has 3 aromatic carbocycles. The van der Waals surface area contributed by atoms with Crippen molar-refractivity contribution in [3.05, 3.63) is 111 Å². The summed E-state index contributed by atoms with van der Waals surface area (Å²) in [5.74, 6) is 2.89. The van der Waals surface area contributed by atoms with E-state index in [0.717, 1.165) is 41.4 Å². The van der Waals surface area contributed by atoms with Gasteiger partial charge in [0.15, 0.2) is 0 Å². The van der Waals surface area contributed by atoms with Crippen LogP contribution in [0.4, 0.5) is 0 Å². The fourth-order valence-electron chi connectivity index (χ4n) is 5.99. The third-order valence-corrected chi connectivity index (χ3v) is 9.89. The molecule has 2 heterocycles. The van der Waals surface area contributed by atoms with Crippen molar-refractivity contribution in [2.24, 2.45) is 4.99 Å². The van der Waals surface area contributed by atoms with Crippen LogP contribution in [0.15, 0.2) is 71.7 Å². The van der Waals surface area contributed by atoms with Crippen molar-refractivity contribution in [1.82, 2.24) is 4.90 Å². The van der Waals surface area contributed by atoms with E-state index >= 15 is 0 Å². The second-order valence-electron chi connectivity index (χ2n) is 13.7. The van der Waals surface area contributed by atoms with E-state index in [9.17, 15) is 0 Å². The van der Waals surface area contributed by atoms with Crippen molar-refractivity contribution < 1.29 is 37.4 Å². The number of nitrogens with zero attached hydrogens (tertiary/aromatic N) is 4. The van der Waals surface area contributed by atoms with Crippen LogP contribution < -0.4 is 4.74 Å². The van der Waals surface area contributed by atoms with Crippen LogP contribution in [0.1, 0.15) is 81.3 Å². The molecule has 5 nitrogen and oxygen atoms in total. The average molecular weight is 716 g/mol. The molecule has 0 amide bonds. The number of rotatable bonds is 9. The molecule has 1 saturated heterocycles. The van der Waals surface area contributed by atoms with Gasteiger partial charge in [0.1, 0.15) is 5.75 Å². The molecular weight excluding hydrogens is 661 g/mol. The second-order valence-corrected chi connectivity index (χ2v) is 14.7. The third kappa shape index (κ3) is 9.26. The summed E-state index contributed by atoms with van der Waals surface area (Å²) in [6.45, 7) is 23.7. The Balaban J connectivity index is 0.000000408. The Hall–Kier alpha value is -1.70. The zero-order valence-corrected chi connectivity index (χ0v) is 33.3. The van der Waals surface area contributed by atoms with Crippen molar-refractivity contribution in [3.8, 4) is 5.75 Å². The van der Waals surface area contributed by atoms with Crippen molar-refractivity contribution in [1.29, 1.82) is 0 Å². The largest absolute Gasteiger partial charge is 0.660 e. The summed E-state index contributed by atoms with van der Waals surface area (Å²) in [7, 11) is 0. The van der Waals surface area contributed by atoms with Gasteiger partial charge in [0.2, 0.25) is 0 Å². The van der Waals surface area contributed by atoms with E-state index in [0.29, 0.717) is 6.61 Å². The third-order valence-electron chi connectivity index (χ3n) is 9.19. The molecule has 0 spiro atoms. The molecule has 0 bridgehead atoms. The first-order chi connectivity index (χ1) is 21.4. The zero-order chi connectivity index (χ0) is 32.7. The van der Waals surface area contributed by atoms with Gasteiger partial charge >= 0.3 is 0 Å². The topological polar surface area (TPSA) is 53.0 Å². The molecule has 0 saturated carbocycles. The van der Waals surface area contributed by atoms with Gasteiger partial charge in [-0.3, -0.25) is 0 Å². The van der Waals surface area contributed by atoms with Gasteiger partial charge < -0.3 is 25.3 Å². The first-order valence-corrected chi connectivity index (χ1v) is 17.9. The molecule has 2 atom stereocenters. The molecule has 5 rings (SSSR count). The maximum atomic E-state index is 6.12. The van der Waals surface area contributed by atoms with Gasteiger partial charge in [0.25, 0.3) is 0 Å². The van der Waals surface area contributed by atoms with E-state index < -0.39 is 11.1 Å².